The van der Waals surface area contributed by atoms with Crippen LogP contribution in [0.5, 0.6) is 0 Å². The van der Waals surface area contributed by atoms with E-state index in [1.54, 1.807) is 0 Å². The van der Waals surface area contributed by atoms with Gasteiger partial charge in [-0.1, -0.05) is 0 Å². The third-order valence-corrected chi connectivity index (χ3v) is 20.3. The lowest BCUT2D eigenvalue weighted by atomic mass is 9.93. The van der Waals surface area contributed by atoms with Crippen molar-refractivity contribution >= 4 is 23.6 Å². The van der Waals surface area contributed by atoms with E-state index in [1.807, 2.05) is 0 Å². The first kappa shape index (κ1) is 91.1. The number of amides is 4. The summed E-state index contributed by atoms with van der Waals surface area (Å²) in [6, 6.07) is -7.40. The number of ether oxygens (including phenoxy) is 17. The van der Waals surface area contributed by atoms with E-state index < -0.39 is 353 Å². The van der Waals surface area contributed by atoms with Crippen LogP contribution in [0.4, 0.5) is 0 Å². The zero-order valence-corrected chi connectivity index (χ0v) is 59.9. The van der Waals surface area contributed by atoms with Gasteiger partial charge in [0, 0.05) is 27.7 Å². The molecule has 9 fully saturated rings. The van der Waals surface area contributed by atoms with Gasteiger partial charge in [-0.15, -0.1) is 0 Å². The quantitative estimate of drug-likeness (QED) is 0.0346. The molecule has 0 bridgehead atoms. The van der Waals surface area contributed by atoms with Gasteiger partial charge < -0.3 is 224 Å². The number of nitrogens with one attached hydrogen (secondary N) is 4. The average molecular weight is 1630 g/mol. The third-order valence-electron chi connectivity index (χ3n) is 20.3. The number of hydrogen-bond acceptors (Lipinski definition) is 45. The summed E-state index contributed by atoms with van der Waals surface area (Å²) in [5.74, 6) is -3.59. The smallest absolute Gasteiger partial charge is 0.217 e. The van der Waals surface area contributed by atoms with Crippen molar-refractivity contribution in [1.82, 2.24) is 21.3 Å². The van der Waals surface area contributed by atoms with Crippen LogP contribution in [0.1, 0.15) is 34.6 Å². The largest absolute Gasteiger partial charge is 0.394 e. The van der Waals surface area contributed by atoms with Gasteiger partial charge in [0.2, 0.25) is 23.6 Å². The second-order valence-electron chi connectivity index (χ2n) is 28.2. The molecule has 9 saturated heterocycles. The van der Waals surface area contributed by atoms with E-state index in [9.17, 15) is 142 Å². The van der Waals surface area contributed by atoms with Crippen molar-refractivity contribution in [3.63, 3.8) is 0 Å². The predicted molar refractivity (Wildman–Crippen MR) is 342 cm³/mol. The van der Waals surface area contributed by atoms with E-state index in [2.05, 4.69) is 21.3 Å². The van der Waals surface area contributed by atoms with Crippen LogP contribution in [0.3, 0.4) is 0 Å². The summed E-state index contributed by atoms with van der Waals surface area (Å²) in [6.45, 7) is -3.36. The van der Waals surface area contributed by atoms with Crippen molar-refractivity contribution < 1.29 is 222 Å². The van der Waals surface area contributed by atoms with Crippen molar-refractivity contribution in [2.45, 2.75) is 311 Å². The highest BCUT2D eigenvalue weighted by Crippen LogP contribution is 2.40. The van der Waals surface area contributed by atoms with Crippen molar-refractivity contribution in [3.8, 4) is 0 Å². The van der Waals surface area contributed by atoms with Crippen LogP contribution in [0.15, 0.2) is 0 Å². The maximum absolute atomic E-state index is 13.2. The van der Waals surface area contributed by atoms with Crippen molar-refractivity contribution in [2.24, 2.45) is 0 Å². The summed E-state index contributed by atoms with van der Waals surface area (Å²) in [6.07, 6.45) is -83.4. The van der Waals surface area contributed by atoms with E-state index in [0.29, 0.717) is 0 Å². The molecule has 49 heteroatoms. The molecule has 45 atom stereocenters. The first-order valence-electron chi connectivity index (χ1n) is 35.5. The number of carbonyl (C=O) groups is 4. The fraction of sp³-hybridized carbons (Fsp3) is 0.935. The molecule has 0 aromatic rings. The second-order valence-corrected chi connectivity index (χ2v) is 28.2. The van der Waals surface area contributed by atoms with Gasteiger partial charge in [0.1, 0.15) is 213 Å². The summed E-state index contributed by atoms with van der Waals surface area (Å²) < 4.78 is 101. The van der Waals surface area contributed by atoms with E-state index >= 15 is 0 Å². The Morgan fingerprint density at radius 3 is 1.03 bits per heavy atom. The van der Waals surface area contributed by atoms with Crippen molar-refractivity contribution in [2.75, 3.05) is 52.9 Å². The molecule has 0 spiro atoms. The fourth-order valence-electron chi connectivity index (χ4n) is 14.3. The monoisotopic (exact) mass is 1620 g/mol. The van der Waals surface area contributed by atoms with Crippen LogP contribution in [0, 0.1) is 0 Å². The van der Waals surface area contributed by atoms with Crippen molar-refractivity contribution in [3.05, 3.63) is 0 Å². The Balaban J connectivity index is 1.05. The Hall–Kier alpha value is -3.76. The van der Waals surface area contributed by atoms with Gasteiger partial charge in [-0.25, -0.2) is 0 Å². The average Bonchev–Trinajstić information content (AvgIpc) is 0.769. The van der Waals surface area contributed by atoms with Gasteiger partial charge in [0.25, 0.3) is 0 Å². The molecule has 9 rings (SSSR count). The lowest BCUT2D eigenvalue weighted by Crippen LogP contribution is -2.71. The molecule has 0 aromatic heterocycles. The Morgan fingerprint density at radius 2 is 0.559 bits per heavy atom. The first-order valence-corrected chi connectivity index (χ1v) is 35.5. The Kier molecular flexibility index (Phi) is 32.6. The molecular weight excluding hydrogens is 1520 g/mol. The molecule has 9 heterocycles. The molecule has 0 aliphatic carbocycles. The SMILES string of the molecule is CC(=O)NC1C(O)OC(COC2OC(C)C(O)C(O)C2O)C(OC2OC(CO)C(OC3OC(COC4OC(CO)C(O)C(O)C4OC4OC(CO)C(O)C(O)C4NC(C)=O)C(O)C(OC4OC(CO)C(O)C(O)C4OC4OC(CO)C(OC5OC(CO)C(O)C(O)C5O)C(O)C4NC(C)=O)C3O)C(O)C2NC(C)=O)C1O. The molecule has 0 radical (unpaired) electrons. The normalized spacial score (nSPS) is 49.3. The highest BCUT2D eigenvalue weighted by Gasteiger charge is 2.61. The van der Waals surface area contributed by atoms with Crippen LogP contribution in [-0.2, 0) is 99.7 Å². The summed E-state index contributed by atoms with van der Waals surface area (Å²) in [5, 5.41) is 276. The molecular formula is C62H104N4O45. The molecule has 9 aliphatic heterocycles. The number of aliphatic hydroxyl groups excluding tert-OH is 24. The van der Waals surface area contributed by atoms with Gasteiger partial charge in [0.05, 0.1) is 59.0 Å². The topological polar surface area (TPSA) is 759 Å². The molecule has 642 valence electrons. The molecule has 4 amide bonds. The van der Waals surface area contributed by atoms with Crippen LogP contribution >= 0.6 is 0 Å². The summed E-state index contributed by atoms with van der Waals surface area (Å²) >= 11 is 0. The Morgan fingerprint density at radius 1 is 0.252 bits per heavy atom. The van der Waals surface area contributed by atoms with E-state index in [1.165, 1.54) is 6.92 Å². The molecule has 9 aliphatic rings. The standard InChI is InChI=1S/C62H104N4O45/c1-14-31(77)41(87)45(91)58(97-14)95-13-26-50(38(84)27(54(94)98-26)63-15(2)73)106-56-29(65-17(4)75)39(85)49(24(11-72)103-56)108-60-47(93)51(36(82)25(105-60)12-96-61-52(43(89)34(80)21(8-69)101-61)110-55-28(64-16(3)74)37(83)32(78)19(6-67)99-55)109-62-53(44(90)35(81)22(9-70)102-62)111-57-30(66-18(5)76)40(86)48(23(10-71)104-57)107-59-46(92)42(88)33(79)20(7-68)100-59/h14,19-62,67-72,77-94H,6-13H2,1-5H3,(H,63,73)(H,64,74)(H,65,75)(H,66,76). The summed E-state index contributed by atoms with van der Waals surface area (Å²) in [5.41, 5.74) is 0. The molecule has 0 aromatic carbocycles. The lowest BCUT2D eigenvalue weighted by molar-refractivity contribution is -0.398. The number of carbonyl (C=O) groups excluding carboxylic acids is 4. The zero-order valence-electron chi connectivity index (χ0n) is 59.9. The van der Waals surface area contributed by atoms with E-state index in [-0.39, 0.29) is 0 Å². The number of rotatable bonds is 28. The Labute approximate surface area is 629 Å². The molecule has 0 saturated carbocycles. The maximum atomic E-state index is 13.2. The van der Waals surface area contributed by atoms with Gasteiger partial charge in [-0.3, -0.25) is 19.2 Å². The van der Waals surface area contributed by atoms with E-state index in [4.69, 9.17) is 80.5 Å². The van der Waals surface area contributed by atoms with Crippen LogP contribution in [0.25, 0.3) is 0 Å². The van der Waals surface area contributed by atoms with Gasteiger partial charge >= 0.3 is 0 Å². The van der Waals surface area contributed by atoms with E-state index in [0.717, 1.165) is 27.7 Å². The van der Waals surface area contributed by atoms with Gasteiger partial charge in [-0.2, -0.15) is 0 Å². The molecule has 45 unspecified atom stereocenters. The highest BCUT2D eigenvalue weighted by molar-refractivity contribution is 5.74. The second kappa shape index (κ2) is 39.7. The molecule has 49 nitrogen and oxygen atoms in total. The zero-order chi connectivity index (χ0) is 81.8. The maximum Gasteiger partial charge on any atom is 0.217 e. The number of aliphatic hydroxyl groups is 24. The number of hydrogen-bond donors (Lipinski definition) is 28. The Bertz CT molecular complexity index is 2950. The summed E-state index contributed by atoms with van der Waals surface area (Å²) in [4.78, 5) is 50.9. The minimum Gasteiger partial charge on any atom is -0.394 e. The van der Waals surface area contributed by atoms with Crippen molar-refractivity contribution in [1.29, 1.82) is 0 Å². The first-order chi connectivity index (χ1) is 52.4. The lowest BCUT2D eigenvalue weighted by Gasteiger charge is -2.51. The predicted octanol–water partition coefficient (Wildman–Crippen LogP) is -19.0. The van der Waals surface area contributed by atoms with Gasteiger partial charge in [-0.05, 0) is 6.92 Å². The highest BCUT2D eigenvalue weighted by atomic mass is 16.8. The van der Waals surface area contributed by atoms with Crippen LogP contribution in [-0.4, -0.2) is 475 Å². The molecule has 111 heavy (non-hydrogen) atoms. The fourth-order valence-corrected chi connectivity index (χ4v) is 14.3. The summed E-state index contributed by atoms with van der Waals surface area (Å²) in [7, 11) is 0. The van der Waals surface area contributed by atoms with Crippen LogP contribution in [0.2, 0.25) is 0 Å². The molecule has 28 N–H and O–H groups in total. The minimum atomic E-state index is -2.57. The minimum absolute atomic E-state index is 0.828. The van der Waals surface area contributed by atoms with Crippen LogP contribution < -0.4 is 21.3 Å². The third kappa shape index (κ3) is 20.3. The van der Waals surface area contributed by atoms with Gasteiger partial charge in [0.15, 0.2) is 56.6 Å².